The lowest BCUT2D eigenvalue weighted by atomic mass is 9.97. The number of aromatic amines is 1. The Hall–Kier alpha value is -3.87. The molecule has 30 heavy (non-hydrogen) atoms. The monoisotopic (exact) mass is 409 g/mol. The topological polar surface area (TPSA) is 63.1 Å². The Morgan fingerprint density at radius 2 is 1.60 bits per heavy atom. The number of carbonyl (C=O) groups is 2. The minimum Gasteiger partial charge on any atom is -0.461 e. The van der Waals surface area contributed by atoms with Crippen LogP contribution in [0.5, 0.6) is 0 Å². The van der Waals surface area contributed by atoms with Crippen molar-refractivity contribution in [1.82, 2.24) is 4.98 Å². The van der Waals surface area contributed by atoms with E-state index in [1.807, 2.05) is 0 Å². The second kappa shape index (κ2) is 7.51. The van der Waals surface area contributed by atoms with Gasteiger partial charge in [-0.05, 0) is 29.8 Å². The second-order valence-corrected chi connectivity index (χ2v) is 6.52. The lowest BCUT2D eigenvalue weighted by Gasteiger charge is -2.09. The van der Waals surface area contributed by atoms with Gasteiger partial charge in [-0.1, -0.05) is 48.5 Å². The Morgan fingerprint density at radius 1 is 0.900 bits per heavy atom. The number of H-pyrrole nitrogens is 1. The number of allylic oxidation sites excluding steroid dienone is 1. The number of furan rings is 1. The first kappa shape index (κ1) is 19.4. The minimum atomic E-state index is -5.22. The maximum absolute atomic E-state index is 13.3. The highest BCUT2D eigenvalue weighted by atomic mass is 19.4. The van der Waals surface area contributed by atoms with E-state index >= 15 is 0 Å². The molecule has 0 aliphatic heterocycles. The molecule has 0 saturated carbocycles. The van der Waals surface area contributed by atoms with E-state index in [4.69, 9.17) is 4.42 Å². The number of ketones is 2. The smallest absolute Gasteiger partial charge is 0.455 e. The van der Waals surface area contributed by atoms with Crippen LogP contribution in [0.25, 0.3) is 28.2 Å². The molecule has 1 N–H and O–H groups in total. The summed E-state index contributed by atoms with van der Waals surface area (Å²) in [4.78, 5) is 28.0. The first-order chi connectivity index (χ1) is 14.4. The number of hydrogen-bond acceptors (Lipinski definition) is 3. The van der Waals surface area contributed by atoms with Crippen LogP contribution in [-0.4, -0.2) is 22.7 Å². The number of rotatable bonds is 5. The number of benzene rings is 2. The van der Waals surface area contributed by atoms with Gasteiger partial charge in [0.15, 0.2) is 5.76 Å². The van der Waals surface area contributed by atoms with E-state index in [0.717, 1.165) is 12.3 Å². The van der Waals surface area contributed by atoms with Crippen LogP contribution in [0, 0.1) is 0 Å². The van der Waals surface area contributed by atoms with Gasteiger partial charge in [0, 0.05) is 16.5 Å². The van der Waals surface area contributed by atoms with E-state index in [2.05, 4.69) is 4.98 Å². The molecule has 0 aliphatic rings. The summed E-state index contributed by atoms with van der Waals surface area (Å²) in [6, 6.07) is 18.5. The molecule has 4 nitrogen and oxygen atoms in total. The van der Waals surface area contributed by atoms with Gasteiger partial charge in [0.2, 0.25) is 5.78 Å². The van der Waals surface area contributed by atoms with Crippen LogP contribution in [0.4, 0.5) is 13.2 Å². The molecule has 0 fully saturated rings. The van der Waals surface area contributed by atoms with E-state index < -0.39 is 23.3 Å². The molecular weight excluding hydrogens is 395 g/mol. The van der Waals surface area contributed by atoms with E-state index in [-0.39, 0.29) is 5.76 Å². The van der Waals surface area contributed by atoms with Gasteiger partial charge in [-0.2, -0.15) is 13.2 Å². The number of fused-ring (bicyclic) bond motifs is 1. The highest BCUT2D eigenvalue weighted by Crippen LogP contribution is 2.34. The number of hydrogen-bond donors (Lipinski definition) is 1. The van der Waals surface area contributed by atoms with Crippen molar-refractivity contribution in [2.45, 2.75) is 6.18 Å². The molecule has 2 heterocycles. The van der Waals surface area contributed by atoms with Gasteiger partial charge in [0.25, 0.3) is 5.78 Å². The van der Waals surface area contributed by atoms with Gasteiger partial charge in [-0.3, -0.25) is 9.59 Å². The molecule has 2 aromatic heterocycles. The summed E-state index contributed by atoms with van der Waals surface area (Å²) >= 11 is 0. The van der Waals surface area contributed by atoms with Crippen molar-refractivity contribution in [3.05, 3.63) is 89.9 Å². The van der Waals surface area contributed by atoms with Gasteiger partial charge in [-0.25, -0.2) is 0 Å². The third kappa shape index (κ3) is 3.57. The zero-order chi connectivity index (χ0) is 21.3. The van der Waals surface area contributed by atoms with E-state index in [0.29, 0.717) is 27.7 Å². The van der Waals surface area contributed by atoms with Crippen molar-refractivity contribution in [3.63, 3.8) is 0 Å². The van der Waals surface area contributed by atoms with Crippen molar-refractivity contribution < 1.29 is 27.2 Å². The summed E-state index contributed by atoms with van der Waals surface area (Å²) in [5, 5.41) is 0.580. The van der Waals surface area contributed by atoms with Gasteiger partial charge in [-0.15, -0.1) is 0 Å². The predicted molar refractivity (Wildman–Crippen MR) is 106 cm³/mol. The quantitative estimate of drug-likeness (QED) is 0.195. The molecular formula is C23H14F3NO3. The Labute approximate surface area is 168 Å². The normalized spacial score (nSPS) is 12.3. The van der Waals surface area contributed by atoms with Gasteiger partial charge < -0.3 is 9.40 Å². The number of nitrogens with one attached hydrogen (secondary N) is 1. The summed E-state index contributed by atoms with van der Waals surface area (Å²) in [5.74, 6) is -3.71. The molecule has 4 rings (SSSR count). The Bertz CT molecular complexity index is 1250. The summed E-state index contributed by atoms with van der Waals surface area (Å²) < 4.78 is 44.8. The molecule has 0 spiro atoms. The predicted octanol–water partition coefficient (Wildman–Crippen LogP) is 5.83. The molecule has 4 aromatic rings. The standard InChI is InChI=1S/C23H14F3NO3/c24-23(25,26)22(29)17(21(28)19-11-6-12-30-19)13-16-15-9-4-5-10-18(15)27-20(16)14-7-2-1-3-8-14/h1-13,27H/b17-13+. The fourth-order valence-corrected chi connectivity index (χ4v) is 3.22. The van der Waals surface area contributed by atoms with E-state index in [1.165, 1.54) is 12.1 Å². The molecule has 0 atom stereocenters. The molecule has 2 aromatic carbocycles. The third-order valence-corrected chi connectivity index (χ3v) is 4.59. The fraction of sp³-hybridized carbons (Fsp3) is 0.0435. The van der Waals surface area contributed by atoms with Crippen LogP contribution in [0.2, 0.25) is 0 Å². The van der Waals surface area contributed by atoms with Gasteiger partial charge in [0.1, 0.15) is 0 Å². The second-order valence-electron chi connectivity index (χ2n) is 6.52. The molecule has 0 aliphatic carbocycles. The molecule has 7 heteroatoms. The summed E-state index contributed by atoms with van der Waals surface area (Å²) in [7, 11) is 0. The number of carbonyl (C=O) groups excluding carboxylic acids is 2. The maximum Gasteiger partial charge on any atom is 0.455 e. The zero-order valence-corrected chi connectivity index (χ0v) is 15.4. The van der Waals surface area contributed by atoms with Crippen molar-refractivity contribution >= 4 is 28.5 Å². The first-order valence-corrected chi connectivity index (χ1v) is 8.94. The zero-order valence-electron chi connectivity index (χ0n) is 15.4. The van der Waals surface area contributed by atoms with Gasteiger partial charge in [0.05, 0.1) is 17.5 Å². The number of Topliss-reactive ketones (excluding diaryl/α,β-unsaturated/α-hetero) is 2. The third-order valence-electron chi connectivity index (χ3n) is 4.59. The number of halogens is 3. The fourth-order valence-electron chi connectivity index (χ4n) is 3.22. The van der Waals surface area contributed by atoms with Crippen molar-refractivity contribution in [1.29, 1.82) is 0 Å². The maximum atomic E-state index is 13.3. The Morgan fingerprint density at radius 3 is 2.27 bits per heavy atom. The lowest BCUT2D eigenvalue weighted by molar-refractivity contribution is -0.166. The van der Waals surface area contributed by atoms with Crippen LogP contribution in [0.15, 0.2) is 83.0 Å². The van der Waals surface area contributed by atoms with E-state index in [9.17, 15) is 22.8 Å². The lowest BCUT2D eigenvalue weighted by Crippen LogP contribution is -2.28. The van der Waals surface area contributed by atoms with Gasteiger partial charge >= 0.3 is 6.18 Å². The van der Waals surface area contributed by atoms with Crippen LogP contribution >= 0.6 is 0 Å². The van der Waals surface area contributed by atoms with E-state index in [1.54, 1.807) is 54.6 Å². The molecule has 0 amide bonds. The minimum absolute atomic E-state index is 0.310. The largest absolute Gasteiger partial charge is 0.461 e. The Kier molecular flexibility index (Phi) is 4.87. The summed E-state index contributed by atoms with van der Waals surface area (Å²) in [6.07, 6.45) is -3.07. The van der Waals surface area contributed by atoms with Crippen LogP contribution in [0.1, 0.15) is 16.1 Å². The number of para-hydroxylation sites is 1. The highest BCUT2D eigenvalue weighted by Gasteiger charge is 2.43. The van der Waals surface area contributed by atoms with Crippen LogP contribution < -0.4 is 0 Å². The summed E-state index contributed by atoms with van der Waals surface area (Å²) in [5.41, 5.74) is 1.15. The highest BCUT2D eigenvalue weighted by molar-refractivity contribution is 6.30. The molecule has 150 valence electrons. The number of aromatic nitrogens is 1. The number of alkyl halides is 3. The van der Waals surface area contributed by atoms with Crippen LogP contribution in [-0.2, 0) is 4.79 Å². The summed E-state index contributed by atoms with van der Waals surface area (Å²) in [6.45, 7) is 0. The molecule has 0 saturated heterocycles. The van der Waals surface area contributed by atoms with Crippen LogP contribution in [0.3, 0.4) is 0 Å². The molecule has 0 unspecified atom stereocenters. The van der Waals surface area contributed by atoms with Crippen molar-refractivity contribution in [2.24, 2.45) is 0 Å². The van der Waals surface area contributed by atoms with Crippen molar-refractivity contribution in [3.8, 4) is 11.3 Å². The first-order valence-electron chi connectivity index (χ1n) is 8.94. The average molecular weight is 409 g/mol. The Balaban J connectivity index is 1.98. The average Bonchev–Trinajstić information content (AvgIpc) is 3.39. The molecule has 0 radical (unpaired) electrons. The van der Waals surface area contributed by atoms with Crippen molar-refractivity contribution in [2.75, 3.05) is 0 Å². The SMILES string of the molecule is O=C(/C(=C\c1c(-c2ccccc2)[nH]c2ccccc12)C(=O)C(F)(F)F)c1ccco1. The molecule has 0 bridgehead atoms.